The fourth-order valence-electron chi connectivity index (χ4n) is 2.45. The molecule has 27 heavy (non-hydrogen) atoms. The van der Waals surface area contributed by atoms with Crippen LogP contribution in [0.25, 0.3) is 0 Å². The largest absolute Gasteiger partial charge is 0.454 e. The van der Waals surface area contributed by atoms with Crippen LogP contribution in [0.4, 0.5) is 0 Å². The highest BCUT2D eigenvalue weighted by Crippen LogP contribution is 2.17. The third kappa shape index (κ3) is 4.79. The number of rotatable bonds is 7. The summed E-state index contributed by atoms with van der Waals surface area (Å²) in [6, 6.07) is 10.7. The maximum atomic E-state index is 12.3. The van der Waals surface area contributed by atoms with E-state index >= 15 is 0 Å². The van der Waals surface area contributed by atoms with Crippen LogP contribution in [0.1, 0.15) is 31.8 Å². The lowest BCUT2D eigenvalue weighted by Gasteiger charge is -2.14. The number of carbonyl (C=O) groups is 2. The van der Waals surface area contributed by atoms with E-state index in [9.17, 15) is 18.0 Å². The second-order valence-electron chi connectivity index (χ2n) is 5.94. The van der Waals surface area contributed by atoms with Crippen LogP contribution in [0.15, 0.2) is 47.4 Å². The quantitative estimate of drug-likeness (QED) is 0.409. The van der Waals surface area contributed by atoms with Gasteiger partial charge in [-0.1, -0.05) is 34.3 Å². The van der Waals surface area contributed by atoms with E-state index in [1.54, 1.807) is 6.07 Å². The topological polar surface area (TPSA) is 90.0 Å². The molecule has 2 aromatic rings. The second kappa shape index (κ2) is 8.43. The van der Waals surface area contributed by atoms with Gasteiger partial charge >= 0.3 is 5.97 Å². The van der Waals surface area contributed by atoms with Gasteiger partial charge in [0.1, 0.15) is 0 Å². The van der Waals surface area contributed by atoms with E-state index in [1.807, 2.05) is 26.0 Å². The highest BCUT2D eigenvalue weighted by Gasteiger charge is 2.22. The molecule has 0 spiro atoms. The number of Topliss-reactive ketones (excluding diaryl/α,β-unsaturated/α-hetero) is 1. The first-order valence-corrected chi connectivity index (χ1v) is 9.51. The van der Waals surface area contributed by atoms with Gasteiger partial charge in [-0.15, -0.1) is 0 Å². The van der Waals surface area contributed by atoms with Crippen LogP contribution in [0.5, 0.6) is 0 Å². The number of sulfonamides is 1. The molecule has 0 unspecified atom stereocenters. The number of carbonyl (C=O) groups excluding carboxylic acids is 2. The molecule has 0 N–H and O–H groups in total. The van der Waals surface area contributed by atoms with Crippen LogP contribution in [0.3, 0.4) is 0 Å². The van der Waals surface area contributed by atoms with Gasteiger partial charge in [-0.3, -0.25) is 9.63 Å². The van der Waals surface area contributed by atoms with Crippen molar-refractivity contribution in [3.05, 3.63) is 64.7 Å². The van der Waals surface area contributed by atoms with Crippen molar-refractivity contribution in [2.75, 3.05) is 20.8 Å². The number of hydrogen-bond acceptors (Lipinski definition) is 6. The van der Waals surface area contributed by atoms with Crippen molar-refractivity contribution in [1.29, 1.82) is 0 Å². The Bertz CT molecular complexity index is 968. The number of hydrogen-bond donors (Lipinski definition) is 0. The third-order valence-corrected chi connectivity index (χ3v) is 5.66. The van der Waals surface area contributed by atoms with Gasteiger partial charge in [0.25, 0.3) is 10.0 Å². The average molecular weight is 391 g/mol. The Labute approximate surface area is 158 Å². The summed E-state index contributed by atoms with van der Waals surface area (Å²) in [4.78, 5) is 29.1. The molecule has 8 heteroatoms. The van der Waals surface area contributed by atoms with E-state index < -0.39 is 22.6 Å². The average Bonchev–Trinajstić information content (AvgIpc) is 2.65. The summed E-state index contributed by atoms with van der Waals surface area (Å²) in [5.74, 6) is -1.12. The molecule has 0 fully saturated rings. The first-order valence-electron chi connectivity index (χ1n) is 8.07. The predicted octanol–water partition coefficient (Wildman–Crippen LogP) is 2.53. The van der Waals surface area contributed by atoms with Gasteiger partial charge in [-0.25, -0.2) is 13.2 Å². The number of ketones is 1. The number of benzene rings is 2. The zero-order chi connectivity index (χ0) is 20.2. The molecule has 0 aromatic heterocycles. The maximum absolute atomic E-state index is 12.3. The number of nitrogens with zero attached hydrogens (tertiary/aromatic N) is 1. The van der Waals surface area contributed by atoms with Gasteiger partial charge < -0.3 is 4.74 Å². The van der Waals surface area contributed by atoms with Crippen molar-refractivity contribution in [3.63, 3.8) is 0 Å². The van der Waals surface area contributed by atoms with E-state index in [0.717, 1.165) is 11.1 Å². The fourth-order valence-corrected chi connectivity index (χ4v) is 3.47. The van der Waals surface area contributed by atoms with Gasteiger partial charge in [0.15, 0.2) is 6.61 Å². The smallest absolute Gasteiger partial charge is 0.338 e. The molecule has 144 valence electrons. The minimum atomic E-state index is -3.89. The molecular weight excluding hydrogens is 370 g/mol. The minimum Gasteiger partial charge on any atom is -0.454 e. The minimum absolute atomic E-state index is 0.0222. The molecule has 0 amide bonds. The molecule has 7 nitrogen and oxygen atoms in total. The van der Waals surface area contributed by atoms with Gasteiger partial charge in [-0.2, -0.15) is 0 Å². The lowest BCUT2D eigenvalue weighted by molar-refractivity contribution is -0.0258. The third-order valence-electron chi connectivity index (χ3n) is 3.98. The Hall–Kier alpha value is -2.55. The maximum Gasteiger partial charge on any atom is 0.338 e. The molecule has 0 heterocycles. The summed E-state index contributed by atoms with van der Waals surface area (Å²) in [5, 5.41) is 0. The van der Waals surface area contributed by atoms with Crippen molar-refractivity contribution in [2.24, 2.45) is 0 Å². The Kier molecular flexibility index (Phi) is 6.48. The number of hydroxylamine groups is 1. The zero-order valence-corrected chi connectivity index (χ0v) is 16.4. The molecule has 0 aliphatic carbocycles. The lowest BCUT2D eigenvalue weighted by atomic mass is 10.0. The molecule has 0 saturated carbocycles. The van der Waals surface area contributed by atoms with Crippen molar-refractivity contribution in [3.8, 4) is 0 Å². The molecule has 0 atom stereocenters. The zero-order valence-electron chi connectivity index (χ0n) is 15.6. The number of aryl methyl sites for hydroxylation is 2. The molecule has 0 aliphatic heterocycles. The molecule has 2 aromatic carbocycles. The first-order chi connectivity index (χ1) is 12.7. The molecule has 0 radical (unpaired) electrons. The molecule has 0 bridgehead atoms. The molecular formula is C19H21NO6S. The Morgan fingerprint density at radius 2 is 1.78 bits per heavy atom. The van der Waals surface area contributed by atoms with Crippen molar-refractivity contribution < 1.29 is 27.6 Å². The van der Waals surface area contributed by atoms with E-state index in [1.165, 1.54) is 38.4 Å². The van der Waals surface area contributed by atoms with Crippen LogP contribution in [-0.2, 0) is 19.6 Å². The molecule has 0 aliphatic rings. The van der Waals surface area contributed by atoms with Crippen molar-refractivity contribution >= 4 is 21.8 Å². The van der Waals surface area contributed by atoms with E-state index in [4.69, 9.17) is 9.57 Å². The summed E-state index contributed by atoms with van der Waals surface area (Å²) in [5.41, 5.74) is 2.33. The van der Waals surface area contributed by atoms with Gasteiger partial charge in [0, 0.05) is 12.6 Å². The van der Waals surface area contributed by atoms with Crippen LogP contribution >= 0.6 is 0 Å². The van der Waals surface area contributed by atoms with Crippen molar-refractivity contribution in [2.45, 2.75) is 18.7 Å². The second-order valence-corrected chi connectivity index (χ2v) is 7.88. The van der Waals surface area contributed by atoms with Crippen LogP contribution in [0, 0.1) is 13.8 Å². The van der Waals surface area contributed by atoms with Crippen molar-refractivity contribution in [1.82, 2.24) is 4.47 Å². The lowest BCUT2D eigenvalue weighted by Crippen LogP contribution is -2.26. The Morgan fingerprint density at radius 1 is 1.07 bits per heavy atom. The Balaban J connectivity index is 2.13. The normalized spacial score (nSPS) is 11.4. The number of ether oxygens (including phenoxy) is 1. The summed E-state index contributed by atoms with van der Waals surface area (Å²) < 4.78 is 30.2. The molecule has 2 rings (SSSR count). The monoisotopic (exact) mass is 391 g/mol. The van der Waals surface area contributed by atoms with E-state index in [0.29, 0.717) is 10.0 Å². The van der Waals surface area contributed by atoms with Gasteiger partial charge in [0.05, 0.1) is 17.6 Å². The highest BCUT2D eigenvalue weighted by molar-refractivity contribution is 7.89. The van der Waals surface area contributed by atoms with Crippen LogP contribution in [0.2, 0.25) is 0 Å². The summed E-state index contributed by atoms with van der Waals surface area (Å²) in [6.45, 7) is 3.30. The Morgan fingerprint density at radius 3 is 2.41 bits per heavy atom. The summed E-state index contributed by atoms with van der Waals surface area (Å²) >= 11 is 0. The number of esters is 1. The standard InChI is InChI=1S/C19H21NO6S/c1-13-8-9-17(14(2)10-13)18(21)12-26-19(22)15-6-5-7-16(11-15)27(23,24)20(3)25-4/h5-11H,12H2,1-4H3. The first kappa shape index (κ1) is 20.8. The van der Waals surface area contributed by atoms with Gasteiger partial charge in [0.2, 0.25) is 5.78 Å². The van der Waals surface area contributed by atoms with Crippen LogP contribution in [-0.4, -0.2) is 45.4 Å². The predicted molar refractivity (Wildman–Crippen MR) is 98.9 cm³/mol. The SMILES string of the molecule is CON(C)S(=O)(=O)c1cccc(C(=O)OCC(=O)c2ccc(C)cc2C)c1. The fraction of sp³-hybridized carbons (Fsp3) is 0.263. The summed E-state index contributed by atoms with van der Waals surface area (Å²) in [7, 11) is -1.44. The van der Waals surface area contributed by atoms with Gasteiger partial charge in [-0.05, 0) is 37.6 Å². The summed E-state index contributed by atoms with van der Waals surface area (Å²) in [6.07, 6.45) is 0. The molecule has 0 saturated heterocycles. The van der Waals surface area contributed by atoms with E-state index in [2.05, 4.69) is 0 Å². The highest BCUT2D eigenvalue weighted by atomic mass is 32.2. The van der Waals surface area contributed by atoms with Crippen LogP contribution < -0.4 is 0 Å². The van der Waals surface area contributed by atoms with E-state index in [-0.39, 0.29) is 16.2 Å².